The number of nitrogens with zero attached hydrogens (tertiary/aromatic N) is 1. The van der Waals surface area contributed by atoms with Crippen molar-refractivity contribution >= 4 is 5.78 Å². The average Bonchev–Trinajstić information content (AvgIpc) is 2.39. The third-order valence-corrected chi connectivity index (χ3v) is 3.66. The second kappa shape index (κ2) is 6.17. The van der Waals surface area contributed by atoms with E-state index in [1.165, 1.54) is 0 Å². The zero-order valence-corrected chi connectivity index (χ0v) is 11.6. The van der Waals surface area contributed by atoms with E-state index in [-0.39, 0.29) is 17.5 Å². The Kier molecular flexibility index (Phi) is 4.56. The molecule has 4 nitrogen and oxygen atoms in total. The minimum absolute atomic E-state index is 0.0126. The molecule has 0 aliphatic carbocycles. The Hall–Kier alpha value is -1.39. The minimum Gasteiger partial charge on any atom is -0.508 e. The lowest BCUT2D eigenvalue weighted by Crippen LogP contribution is -2.45. The molecule has 2 N–H and O–H groups in total. The van der Waals surface area contributed by atoms with Gasteiger partial charge >= 0.3 is 0 Å². The summed E-state index contributed by atoms with van der Waals surface area (Å²) in [6.45, 7) is 8.67. The zero-order valence-electron chi connectivity index (χ0n) is 11.6. The maximum Gasteiger partial charge on any atom is 0.167 e. The van der Waals surface area contributed by atoms with Crippen molar-refractivity contribution in [3.8, 4) is 5.75 Å². The van der Waals surface area contributed by atoms with Crippen LogP contribution >= 0.6 is 0 Å². The van der Waals surface area contributed by atoms with Gasteiger partial charge < -0.3 is 15.3 Å². The molecule has 1 aromatic carbocycles. The van der Waals surface area contributed by atoms with Crippen molar-refractivity contribution < 1.29 is 9.90 Å². The number of ketones is 1. The number of aryl methyl sites for hydroxylation is 1. The number of aromatic hydroxyl groups is 1. The van der Waals surface area contributed by atoms with Gasteiger partial charge in [0.2, 0.25) is 0 Å². The summed E-state index contributed by atoms with van der Waals surface area (Å²) in [7, 11) is 0. The van der Waals surface area contributed by atoms with Gasteiger partial charge in [0.25, 0.3) is 0 Å². The van der Waals surface area contributed by atoms with Crippen molar-refractivity contribution in [1.82, 2.24) is 10.2 Å². The topological polar surface area (TPSA) is 52.6 Å². The number of hydrogen-bond acceptors (Lipinski definition) is 4. The Morgan fingerprint density at radius 2 is 2.11 bits per heavy atom. The van der Waals surface area contributed by atoms with Crippen LogP contribution in [0.4, 0.5) is 0 Å². The molecule has 0 spiro atoms. The van der Waals surface area contributed by atoms with Crippen molar-refractivity contribution in [2.75, 3.05) is 32.7 Å². The molecule has 1 atom stereocenters. The van der Waals surface area contributed by atoms with E-state index < -0.39 is 0 Å². The van der Waals surface area contributed by atoms with E-state index in [1.807, 2.05) is 13.8 Å². The maximum atomic E-state index is 12.4. The molecule has 19 heavy (non-hydrogen) atoms. The number of benzene rings is 1. The fraction of sp³-hybridized carbons (Fsp3) is 0.533. The average molecular weight is 262 g/mol. The zero-order chi connectivity index (χ0) is 13.8. The van der Waals surface area contributed by atoms with Gasteiger partial charge in [-0.2, -0.15) is 0 Å². The first kappa shape index (κ1) is 14.0. The van der Waals surface area contributed by atoms with E-state index in [0.29, 0.717) is 0 Å². The molecular formula is C15H22N2O2. The quantitative estimate of drug-likeness (QED) is 0.806. The first-order valence-electron chi connectivity index (χ1n) is 6.85. The molecule has 104 valence electrons. The predicted molar refractivity (Wildman–Crippen MR) is 75.6 cm³/mol. The number of Topliss-reactive ketones (excluding diaryl/α,β-unsaturated/α-hetero) is 1. The lowest BCUT2D eigenvalue weighted by Gasteiger charge is -2.29. The van der Waals surface area contributed by atoms with Crippen LogP contribution < -0.4 is 5.32 Å². The summed E-state index contributed by atoms with van der Waals surface area (Å²) in [4.78, 5) is 14.8. The number of nitrogens with one attached hydrogen (secondary N) is 1. The number of piperazine rings is 1. The molecule has 0 aromatic heterocycles. The fourth-order valence-corrected chi connectivity index (χ4v) is 2.55. The summed E-state index contributed by atoms with van der Waals surface area (Å²) >= 11 is 0. The van der Waals surface area contributed by atoms with E-state index in [4.69, 9.17) is 0 Å². The minimum atomic E-state index is -0.0126. The molecule has 1 fully saturated rings. The normalized spacial score (nSPS) is 18.2. The molecule has 1 unspecified atom stereocenters. The number of carbonyl (C=O) groups is 1. The lowest BCUT2D eigenvalue weighted by molar-refractivity contribution is 0.0886. The molecule has 0 amide bonds. The van der Waals surface area contributed by atoms with Crippen LogP contribution in [-0.2, 0) is 0 Å². The molecule has 1 aliphatic rings. The smallest absolute Gasteiger partial charge is 0.167 e. The van der Waals surface area contributed by atoms with Gasteiger partial charge in [-0.1, -0.05) is 6.92 Å². The second-order valence-corrected chi connectivity index (χ2v) is 5.32. The maximum absolute atomic E-state index is 12.4. The van der Waals surface area contributed by atoms with Crippen LogP contribution in [0.2, 0.25) is 0 Å². The Morgan fingerprint density at radius 3 is 2.74 bits per heavy atom. The highest BCUT2D eigenvalue weighted by Crippen LogP contribution is 2.19. The highest BCUT2D eigenvalue weighted by Gasteiger charge is 2.21. The Balaban J connectivity index is 2.01. The van der Waals surface area contributed by atoms with Gasteiger partial charge in [-0.05, 0) is 30.7 Å². The largest absolute Gasteiger partial charge is 0.508 e. The van der Waals surface area contributed by atoms with Crippen LogP contribution in [0.1, 0.15) is 22.8 Å². The Morgan fingerprint density at radius 1 is 1.42 bits per heavy atom. The standard InChI is InChI=1S/C15H22N2O2/c1-11-9-13(18)3-4-14(11)15(19)12(2)10-17-7-5-16-6-8-17/h3-4,9,12,16,18H,5-8,10H2,1-2H3. The van der Waals surface area contributed by atoms with Crippen molar-refractivity contribution in [2.45, 2.75) is 13.8 Å². The molecule has 4 heteroatoms. The van der Waals surface area contributed by atoms with Crippen molar-refractivity contribution in [1.29, 1.82) is 0 Å². The Bertz CT molecular complexity index is 453. The summed E-state index contributed by atoms with van der Waals surface area (Å²) in [6, 6.07) is 4.95. The van der Waals surface area contributed by atoms with Gasteiger partial charge in [0.15, 0.2) is 5.78 Å². The molecule has 0 radical (unpaired) electrons. The summed E-state index contributed by atoms with van der Waals surface area (Å²) in [5.74, 6) is 0.362. The third-order valence-electron chi connectivity index (χ3n) is 3.66. The molecule has 0 saturated carbocycles. The van der Waals surface area contributed by atoms with Gasteiger partial charge in [-0.25, -0.2) is 0 Å². The van der Waals surface area contributed by atoms with Crippen molar-refractivity contribution in [2.24, 2.45) is 5.92 Å². The monoisotopic (exact) mass is 262 g/mol. The van der Waals surface area contributed by atoms with Crippen LogP contribution in [0, 0.1) is 12.8 Å². The van der Waals surface area contributed by atoms with Gasteiger partial charge in [-0.15, -0.1) is 0 Å². The van der Waals surface area contributed by atoms with Gasteiger partial charge in [0.1, 0.15) is 5.75 Å². The summed E-state index contributed by atoms with van der Waals surface area (Å²) < 4.78 is 0. The number of phenolic OH excluding ortho intramolecular Hbond substituents is 1. The highest BCUT2D eigenvalue weighted by atomic mass is 16.3. The van der Waals surface area contributed by atoms with E-state index in [1.54, 1.807) is 18.2 Å². The molecule has 1 saturated heterocycles. The van der Waals surface area contributed by atoms with Crippen LogP contribution in [0.25, 0.3) is 0 Å². The van der Waals surface area contributed by atoms with Crippen LogP contribution in [0.15, 0.2) is 18.2 Å². The Labute approximate surface area is 114 Å². The van der Waals surface area contributed by atoms with Gasteiger partial charge in [-0.3, -0.25) is 4.79 Å². The van der Waals surface area contributed by atoms with Gasteiger partial charge in [0.05, 0.1) is 0 Å². The number of hydrogen-bond donors (Lipinski definition) is 2. The molecule has 1 aromatic rings. The highest BCUT2D eigenvalue weighted by molar-refractivity contribution is 5.99. The van der Waals surface area contributed by atoms with Crippen LogP contribution in [0.5, 0.6) is 5.75 Å². The third kappa shape index (κ3) is 3.55. The SMILES string of the molecule is Cc1cc(O)ccc1C(=O)C(C)CN1CCNCC1. The molecule has 2 rings (SSSR count). The van der Waals surface area contributed by atoms with E-state index in [0.717, 1.165) is 43.9 Å². The van der Waals surface area contributed by atoms with Crippen LogP contribution in [-0.4, -0.2) is 48.5 Å². The molecule has 1 aliphatic heterocycles. The molecule has 1 heterocycles. The van der Waals surface area contributed by atoms with Crippen LogP contribution in [0.3, 0.4) is 0 Å². The summed E-state index contributed by atoms with van der Waals surface area (Å²) in [6.07, 6.45) is 0. The summed E-state index contributed by atoms with van der Waals surface area (Å²) in [5, 5.41) is 12.7. The first-order chi connectivity index (χ1) is 9.08. The first-order valence-corrected chi connectivity index (χ1v) is 6.85. The second-order valence-electron chi connectivity index (χ2n) is 5.32. The number of phenols is 1. The van der Waals surface area contributed by atoms with Gasteiger partial charge in [0, 0.05) is 44.2 Å². The summed E-state index contributed by atoms with van der Waals surface area (Å²) in [5.41, 5.74) is 1.57. The molecule has 0 bridgehead atoms. The van der Waals surface area contributed by atoms with E-state index in [2.05, 4.69) is 10.2 Å². The fourth-order valence-electron chi connectivity index (χ4n) is 2.55. The predicted octanol–water partition coefficient (Wildman–Crippen LogP) is 1.42. The number of rotatable bonds is 4. The van der Waals surface area contributed by atoms with Crippen molar-refractivity contribution in [3.63, 3.8) is 0 Å². The lowest BCUT2D eigenvalue weighted by atomic mass is 9.95. The van der Waals surface area contributed by atoms with E-state index >= 15 is 0 Å². The number of carbonyl (C=O) groups excluding carboxylic acids is 1. The van der Waals surface area contributed by atoms with E-state index in [9.17, 15) is 9.90 Å². The van der Waals surface area contributed by atoms with Crippen molar-refractivity contribution in [3.05, 3.63) is 29.3 Å². The molecular weight excluding hydrogens is 240 g/mol.